The first kappa shape index (κ1) is 31.5. The van der Waals surface area contributed by atoms with Crippen LogP contribution >= 0.6 is 0 Å². The lowest BCUT2D eigenvalue weighted by atomic mass is 9.93. The fourth-order valence-electron chi connectivity index (χ4n) is 5.93. The van der Waals surface area contributed by atoms with Gasteiger partial charge in [-0.25, -0.2) is 14.6 Å². The van der Waals surface area contributed by atoms with Gasteiger partial charge in [0.25, 0.3) is 5.69 Å². The summed E-state index contributed by atoms with van der Waals surface area (Å²) in [6.07, 6.45) is 16.1. The van der Waals surface area contributed by atoms with Gasteiger partial charge in [-0.15, -0.1) is 0 Å². The van der Waals surface area contributed by atoms with Crippen LogP contribution in [0.5, 0.6) is 0 Å². The minimum absolute atomic E-state index is 0.0617. The topological polar surface area (TPSA) is 169 Å². The molecule has 2 aliphatic carbocycles. The number of fused-ring (bicyclic) bond motifs is 1. The van der Waals surface area contributed by atoms with E-state index in [2.05, 4.69) is 30.2 Å². The summed E-state index contributed by atoms with van der Waals surface area (Å²) < 4.78 is 9.51. The highest BCUT2D eigenvalue weighted by atomic mass is 16.6. The molecule has 5 rings (SSSR count). The molecule has 13 heteroatoms. The van der Waals surface area contributed by atoms with E-state index in [-0.39, 0.29) is 29.4 Å². The number of rotatable bonds is 9. The normalized spacial score (nSPS) is 18.7. The molecule has 43 heavy (non-hydrogen) atoms. The number of nitrogens with zero attached hydrogens (tertiary/aromatic N) is 4. The van der Waals surface area contributed by atoms with Crippen LogP contribution in [0.3, 0.4) is 0 Å². The molecule has 1 aliphatic heterocycles. The van der Waals surface area contributed by atoms with Crippen molar-refractivity contribution >= 4 is 34.9 Å². The average molecular weight is 597 g/mol. The van der Waals surface area contributed by atoms with Gasteiger partial charge in [-0.3, -0.25) is 0 Å². The molecule has 1 unspecified atom stereocenters. The van der Waals surface area contributed by atoms with Gasteiger partial charge in [-0.2, -0.15) is 0 Å². The Morgan fingerprint density at radius 2 is 1.72 bits per heavy atom. The molecule has 2 saturated carbocycles. The summed E-state index contributed by atoms with van der Waals surface area (Å²) in [6.45, 7) is 0. The SMILES string of the molecule is CO/C=C\CC1Nc2nc(C(=O)O)ccc2N1C1CCCCC1.COC(=O)c1ccc(NC2CCCCC2)c([N+](=O)[O-])n1. The molecule has 3 heterocycles. The van der Waals surface area contributed by atoms with Crippen molar-refractivity contribution in [2.45, 2.75) is 88.9 Å². The Morgan fingerprint density at radius 1 is 1.05 bits per heavy atom. The molecule has 3 aliphatic rings. The van der Waals surface area contributed by atoms with Gasteiger partial charge in [-0.1, -0.05) is 38.5 Å². The number of hydrogen-bond donors (Lipinski definition) is 3. The van der Waals surface area contributed by atoms with Crippen LogP contribution in [0.4, 0.5) is 23.0 Å². The number of carboxylic acid groups (broad SMARTS) is 1. The van der Waals surface area contributed by atoms with Crippen molar-refractivity contribution < 1.29 is 29.1 Å². The highest BCUT2D eigenvalue weighted by Gasteiger charge is 2.35. The lowest BCUT2D eigenvalue weighted by Crippen LogP contribution is -2.44. The number of aromatic carboxylic acids is 1. The van der Waals surface area contributed by atoms with E-state index in [0.717, 1.165) is 37.8 Å². The molecule has 13 nitrogen and oxygen atoms in total. The van der Waals surface area contributed by atoms with Gasteiger partial charge in [0.05, 0.1) is 26.2 Å². The third kappa shape index (κ3) is 8.11. The van der Waals surface area contributed by atoms with Crippen molar-refractivity contribution in [1.82, 2.24) is 9.97 Å². The number of nitro groups is 1. The zero-order valence-corrected chi connectivity index (χ0v) is 24.7. The van der Waals surface area contributed by atoms with E-state index in [4.69, 9.17) is 9.84 Å². The summed E-state index contributed by atoms with van der Waals surface area (Å²) in [5.74, 6) is -1.34. The number of carbonyl (C=O) groups excluding carboxylic acids is 1. The van der Waals surface area contributed by atoms with Gasteiger partial charge in [0.1, 0.15) is 11.9 Å². The van der Waals surface area contributed by atoms with Crippen LogP contribution in [0.1, 0.15) is 91.6 Å². The fraction of sp³-hybridized carbons (Fsp3) is 0.533. The predicted octanol–water partition coefficient (Wildman–Crippen LogP) is 5.74. The second-order valence-corrected chi connectivity index (χ2v) is 10.9. The number of anilines is 3. The largest absolute Gasteiger partial charge is 0.505 e. The van der Waals surface area contributed by atoms with Gasteiger partial charge >= 0.3 is 17.8 Å². The average Bonchev–Trinajstić information content (AvgIpc) is 3.39. The summed E-state index contributed by atoms with van der Waals surface area (Å²) in [5.41, 5.74) is 1.38. The van der Waals surface area contributed by atoms with E-state index in [1.54, 1.807) is 19.4 Å². The molecular formula is C30H40N6O7. The first-order valence-electron chi connectivity index (χ1n) is 14.8. The molecular weight excluding hydrogens is 556 g/mol. The van der Waals surface area contributed by atoms with Crippen LogP contribution in [0, 0.1) is 10.1 Å². The van der Waals surface area contributed by atoms with E-state index >= 15 is 0 Å². The number of carboxylic acids is 1. The predicted molar refractivity (Wildman–Crippen MR) is 161 cm³/mol. The highest BCUT2D eigenvalue weighted by Crippen LogP contribution is 2.39. The number of ether oxygens (including phenoxy) is 2. The Morgan fingerprint density at radius 3 is 2.35 bits per heavy atom. The summed E-state index contributed by atoms with van der Waals surface area (Å²) in [7, 11) is 2.84. The summed E-state index contributed by atoms with van der Waals surface area (Å²) in [4.78, 5) is 43.4. The van der Waals surface area contributed by atoms with E-state index in [1.165, 1.54) is 57.8 Å². The number of carbonyl (C=O) groups is 2. The molecule has 0 radical (unpaired) electrons. The van der Waals surface area contributed by atoms with Crippen molar-refractivity contribution in [3.05, 3.63) is 58.1 Å². The van der Waals surface area contributed by atoms with Gasteiger partial charge in [0.15, 0.2) is 11.5 Å². The number of aromatic nitrogens is 2. The Kier molecular flexibility index (Phi) is 11.1. The Balaban J connectivity index is 0.000000199. The second kappa shape index (κ2) is 15.2. The highest BCUT2D eigenvalue weighted by molar-refractivity contribution is 5.88. The summed E-state index contributed by atoms with van der Waals surface area (Å²) in [5, 5.41) is 26.8. The van der Waals surface area contributed by atoms with Gasteiger partial charge in [0, 0.05) is 18.5 Å². The zero-order valence-electron chi connectivity index (χ0n) is 24.7. The third-order valence-electron chi connectivity index (χ3n) is 7.98. The number of nitrogens with one attached hydrogen (secondary N) is 2. The molecule has 0 amide bonds. The molecule has 232 valence electrons. The maximum absolute atomic E-state index is 11.4. The molecule has 0 saturated heterocycles. The number of pyridine rings is 2. The maximum atomic E-state index is 11.4. The van der Waals surface area contributed by atoms with E-state index in [1.807, 2.05) is 12.1 Å². The Hall–Kier alpha value is -4.42. The van der Waals surface area contributed by atoms with Crippen LogP contribution in [0.25, 0.3) is 0 Å². The first-order chi connectivity index (χ1) is 20.8. The summed E-state index contributed by atoms with van der Waals surface area (Å²) in [6, 6.07) is 7.14. The van der Waals surface area contributed by atoms with E-state index in [9.17, 15) is 19.7 Å². The Labute approximate surface area is 250 Å². The second-order valence-electron chi connectivity index (χ2n) is 10.9. The van der Waals surface area contributed by atoms with Crippen molar-refractivity contribution in [3.8, 4) is 0 Å². The molecule has 1 atom stereocenters. The monoisotopic (exact) mass is 596 g/mol. The van der Waals surface area contributed by atoms with Crippen LogP contribution in [0.2, 0.25) is 0 Å². The van der Waals surface area contributed by atoms with Crippen LogP contribution in [0.15, 0.2) is 36.6 Å². The maximum Gasteiger partial charge on any atom is 0.387 e. The van der Waals surface area contributed by atoms with Crippen LogP contribution in [-0.4, -0.2) is 64.4 Å². The van der Waals surface area contributed by atoms with Crippen LogP contribution < -0.4 is 15.5 Å². The van der Waals surface area contributed by atoms with Crippen molar-refractivity contribution in [2.75, 3.05) is 29.8 Å². The number of methoxy groups -OCH3 is 2. The fourth-order valence-corrected chi connectivity index (χ4v) is 5.93. The summed E-state index contributed by atoms with van der Waals surface area (Å²) >= 11 is 0. The Bertz CT molecular complexity index is 1310. The molecule has 2 fully saturated rings. The molecule has 2 aromatic rings. The zero-order chi connectivity index (χ0) is 30.8. The smallest absolute Gasteiger partial charge is 0.387 e. The van der Waals surface area contributed by atoms with Crippen LogP contribution in [-0.2, 0) is 9.47 Å². The lowest BCUT2D eigenvalue weighted by Gasteiger charge is -2.36. The van der Waals surface area contributed by atoms with Crippen molar-refractivity contribution in [1.29, 1.82) is 0 Å². The minimum Gasteiger partial charge on any atom is -0.505 e. The van der Waals surface area contributed by atoms with Crippen molar-refractivity contribution in [3.63, 3.8) is 0 Å². The third-order valence-corrected chi connectivity index (χ3v) is 7.98. The molecule has 2 aromatic heterocycles. The number of esters is 1. The molecule has 0 spiro atoms. The quantitative estimate of drug-likeness (QED) is 0.139. The molecule has 0 bridgehead atoms. The molecule has 0 aromatic carbocycles. The first-order valence-corrected chi connectivity index (χ1v) is 14.8. The lowest BCUT2D eigenvalue weighted by molar-refractivity contribution is -0.388. The van der Waals surface area contributed by atoms with Crippen molar-refractivity contribution in [2.24, 2.45) is 0 Å². The van der Waals surface area contributed by atoms with Gasteiger partial charge in [-0.05, 0) is 65.9 Å². The molecule has 3 N–H and O–H groups in total. The van der Waals surface area contributed by atoms with E-state index < -0.39 is 16.9 Å². The minimum atomic E-state index is -0.999. The number of hydrogen-bond acceptors (Lipinski definition) is 11. The van der Waals surface area contributed by atoms with Gasteiger partial charge < -0.3 is 40.2 Å². The standard InChI is InChI=1S/C17H23N3O3.C13H17N3O4/c1-23-11-5-8-15-19-16-14(10-9-13(18-16)17(21)22)20(15)12-6-3-2-4-7-12;1-20-13(17)11-8-7-10(12(15-11)16(18)19)14-9-5-3-2-4-6-9/h5,9-12,15H,2-4,6-8H2,1H3,(H,18,19)(H,21,22);7-9,14H,2-6H2,1H3/b11-5-;. The van der Waals surface area contributed by atoms with Gasteiger partial charge in [0.2, 0.25) is 0 Å². The van der Waals surface area contributed by atoms with E-state index in [0.29, 0.717) is 17.5 Å².